The normalized spacial score (nSPS) is 23.0. The number of benzene rings is 2. The minimum absolute atomic E-state index is 0.241. The van der Waals surface area contributed by atoms with Crippen LogP contribution in [0.1, 0.15) is 99.8 Å². The second-order valence-corrected chi connectivity index (χ2v) is 12.9. The van der Waals surface area contributed by atoms with Crippen LogP contribution in [-0.2, 0) is 16.0 Å². The van der Waals surface area contributed by atoms with E-state index in [2.05, 4.69) is 5.32 Å². The number of nitrogens with one attached hydrogen (secondary N) is 1. The number of carbonyl (C=O) groups excluding carboxylic acids is 2. The molecule has 1 saturated heterocycles. The van der Waals surface area contributed by atoms with Crippen molar-refractivity contribution in [2.24, 2.45) is 0 Å². The molecule has 2 aromatic carbocycles. The highest BCUT2D eigenvalue weighted by atomic mass is 19.2. The average molecular weight is 614 g/mol. The van der Waals surface area contributed by atoms with Crippen molar-refractivity contribution in [2.45, 2.75) is 108 Å². The summed E-state index contributed by atoms with van der Waals surface area (Å²) < 4.78 is 45.2. The summed E-state index contributed by atoms with van der Waals surface area (Å²) in [7, 11) is 1.78. The van der Waals surface area contributed by atoms with E-state index in [0.717, 1.165) is 63.9 Å². The summed E-state index contributed by atoms with van der Waals surface area (Å²) in [6, 6.07) is 2.64. The predicted molar refractivity (Wildman–Crippen MR) is 161 cm³/mol. The van der Waals surface area contributed by atoms with Gasteiger partial charge in [0.1, 0.15) is 11.9 Å². The maximum Gasteiger partial charge on any atom is 0.321 e. The highest BCUT2D eigenvalue weighted by molar-refractivity contribution is 5.89. The number of rotatable bonds is 3. The molecule has 0 unspecified atom stereocenters. The summed E-state index contributed by atoms with van der Waals surface area (Å²) in [4.78, 5) is 42.9. The molecule has 0 aromatic heterocycles. The molecular formula is C34H42F3N3O4. The van der Waals surface area contributed by atoms with Gasteiger partial charge in [-0.3, -0.25) is 9.59 Å². The van der Waals surface area contributed by atoms with E-state index in [-0.39, 0.29) is 22.7 Å². The van der Waals surface area contributed by atoms with Gasteiger partial charge in [0.2, 0.25) is 5.91 Å². The Morgan fingerprint density at radius 2 is 1.66 bits per heavy atom. The van der Waals surface area contributed by atoms with Crippen LogP contribution >= 0.6 is 0 Å². The number of hydrogen-bond donors (Lipinski definition) is 2. The number of aryl methyl sites for hydroxylation is 2. The summed E-state index contributed by atoms with van der Waals surface area (Å²) in [5, 5.41) is 12.5. The Kier molecular flexibility index (Phi) is 9.56. The molecule has 2 aliphatic heterocycles. The third kappa shape index (κ3) is 6.44. The molecule has 2 heterocycles. The number of carbonyl (C=O) groups is 3. The highest BCUT2D eigenvalue weighted by Crippen LogP contribution is 2.40. The van der Waals surface area contributed by atoms with Crippen LogP contribution in [0.25, 0.3) is 11.1 Å². The lowest BCUT2D eigenvalue weighted by Gasteiger charge is -2.38. The number of urea groups is 1. The van der Waals surface area contributed by atoms with Gasteiger partial charge in [-0.1, -0.05) is 44.9 Å². The van der Waals surface area contributed by atoms with E-state index in [1.807, 2.05) is 0 Å². The summed E-state index contributed by atoms with van der Waals surface area (Å²) in [5.74, 6) is -4.75. The lowest BCUT2D eigenvalue weighted by Crippen LogP contribution is -2.49. The quantitative estimate of drug-likeness (QED) is 0.388. The predicted octanol–water partition coefficient (Wildman–Crippen LogP) is 7.05. The molecular weight excluding hydrogens is 571 g/mol. The first kappa shape index (κ1) is 31.9. The first-order valence-electron chi connectivity index (χ1n) is 15.9. The largest absolute Gasteiger partial charge is 0.481 e. The fourth-order valence-corrected chi connectivity index (χ4v) is 7.56. The van der Waals surface area contributed by atoms with Gasteiger partial charge >= 0.3 is 12.0 Å². The average Bonchev–Trinajstić information content (AvgIpc) is 3.19. The van der Waals surface area contributed by atoms with Crippen LogP contribution in [0.15, 0.2) is 24.3 Å². The monoisotopic (exact) mass is 613 g/mol. The van der Waals surface area contributed by atoms with Crippen molar-refractivity contribution in [3.05, 3.63) is 58.4 Å². The minimum atomic E-state index is -1.40. The number of halogens is 3. The Morgan fingerprint density at radius 1 is 0.977 bits per heavy atom. The van der Waals surface area contributed by atoms with E-state index in [9.17, 15) is 23.9 Å². The molecule has 1 spiro atoms. The van der Waals surface area contributed by atoms with Crippen molar-refractivity contribution in [3.8, 4) is 11.1 Å². The van der Waals surface area contributed by atoms with Crippen molar-refractivity contribution >= 4 is 17.9 Å². The standard InChI is InChI=1S/C34H42F3N3O4/c1-21-15-24(35)16-22-11-7-4-3-5-8-12-28(40-20-34(39(2)33(40)44)13-9-6-10-14-34)32(43)38-27(19-29(41)42)25-17-23(30(21)22)18-26(36)31(25)37/h15-18,27-28H,3-14,19-20H2,1-2H3,(H,38,43)(H,41,42)/t27-,28-/m0/s1. The Morgan fingerprint density at radius 3 is 2.39 bits per heavy atom. The van der Waals surface area contributed by atoms with E-state index in [1.165, 1.54) is 18.2 Å². The molecule has 2 N–H and O–H groups in total. The molecule has 5 rings (SSSR count). The Balaban J connectivity index is 1.56. The molecule has 3 amide bonds. The van der Waals surface area contributed by atoms with Crippen molar-refractivity contribution in [3.63, 3.8) is 0 Å². The lowest BCUT2D eigenvalue weighted by atomic mass is 9.81. The SMILES string of the molecule is Cc1cc(F)cc2c1-c1cc(F)c(F)c(c1)[C@H](CC(=O)O)NC(=O)[C@@H](N1CC3(CCCCC3)N(C)C1=O)CCCCCCC2. The molecule has 2 fully saturated rings. The molecule has 10 heteroatoms. The zero-order chi connectivity index (χ0) is 31.6. The van der Waals surface area contributed by atoms with Gasteiger partial charge in [-0.25, -0.2) is 18.0 Å². The van der Waals surface area contributed by atoms with Gasteiger partial charge in [0.25, 0.3) is 0 Å². The van der Waals surface area contributed by atoms with Gasteiger partial charge in [-0.2, -0.15) is 0 Å². The zero-order valence-corrected chi connectivity index (χ0v) is 25.6. The van der Waals surface area contributed by atoms with Crippen molar-refractivity contribution in [2.75, 3.05) is 13.6 Å². The van der Waals surface area contributed by atoms with Gasteiger partial charge < -0.3 is 20.2 Å². The molecule has 3 aliphatic rings. The molecule has 2 aromatic rings. The number of aliphatic carboxylic acids is 1. The molecule has 1 aliphatic carbocycles. The van der Waals surface area contributed by atoms with Crippen LogP contribution in [0, 0.1) is 24.4 Å². The second kappa shape index (κ2) is 13.2. The van der Waals surface area contributed by atoms with Crippen molar-refractivity contribution in [1.29, 1.82) is 0 Å². The van der Waals surface area contributed by atoms with Gasteiger partial charge in [-0.05, 0) is 85.5 Å². The highest BCUT2D eigenvalue weighted by Gasteiger charge is 2.51. The number of likely N-dealkylation sites (N-methyl/N-ethyl adjacent to an activating group) is 1. The molecule has 44 heavy (non-hydrogen) atoms. The number of carboxylic acid groups (broad SMARTS) is 1. The van der Waals surface area contributed by atoms with E-state index < -0.39 is 47.8 Å². The Hall–Kier alpha value is -3.56. The van der Waals surface area contributed by atoms with Crippen LogP contribution in [-0.4, -0.2) is 58.0 Å². The number of fused-ring (bicyclic) bond motifs is 4. The van der Waals surface area contributed by atoms with Crippen LogP contribution in [0.2, 0.25) is 0 Å². The van der Waals surface area contributed by atoms with E-state index in [0.29, 0.717) is 42.5 Å². The first-order valence-corrected chi connectivity index (χ1v) is 15.9. The first-order chi connectivity index (χ1) is 21.0. The maximum absolute atomic E-state index is 15.5. The van der Waals surface area contributed by atoms with E-state index >= 15 is 8.78 Å². The molecule has 238 valence electrons. The number of amides is 3. The van der Waals surface area contributed by atoms with Gasteiger partial charge in [0, 0.05) is 19.2 Å². The Bertz CT molecular complexity index is 1420. The lowest BCUT2D eigenvalue weighted by molar-refractivity contribution is -0.138. The van der Waals surface area contributed by atoms with E-state index in [1.54, 1.807) is 23.8 Å². The fourth-order valence-electron chi connectivity index (χ4n) is 7.56. The zero-order valence-electron chi connectivity index (χ0n) is 25.6. The van der Waals surface area contributed by atoms with Crippen LogP contribution in [0.3, 0.4) is 0 Å². The van der Waals surface area contributed by atoms with Crippen LogP contribution < -0.4 is 5.32 Å². The number of carboxylic acids is 1. The molecule has 1 saturated carbocycles. The topological polar surface area (TPSA) is 89.9 Å². The summed E-state index contributed by atoms with van der Waals surface area (Å²) in [6.07, 6.45) is 9.00. The Labute approximate surface area is 256 Å². The number of nitrogens with zero attached hydrogens (tertiary/aromatic N) is 2. The molecule has 2 bridgehead atoms. The van der Waals surface area contributed by atoms with Gasteiger partial charge in [-0.15, -0.1) is 0 Å². The van der Waals surface area contributed by atoms with Gasteiger partial charge in [0.15, 0.2) is 11.6 Å². The van der Waals surface area contributed by atoms with E-state index in [4.69, 9.17) is 0 Å². The molecule has 2 atom stereocenters. The summed E-state index contributed by atoms with van der Waals surface area (Å²) >= 11 is 0. The van der Waals surface area contributed by atoms with Crippen LogP contribution in [0.4, 0.5) is 18.0 Å². The third-order valence-electron chi connectivity index (χ3n) is 9.89. The summed E-state index contributed by atoms with van der Waals surface area (Å²) in [6.45, 7) is 2.10. The second-order valence-electron chi connectivity index (χ2n) is 12.9. The van der Waals surface area contributed by atoms with Crippen LogP contribution in [0.5, 0.6) is 0 Å². The fraction of sp³-hybridized carbons (Fsp3) is 0.559. The number of hydrogen-bond acceptors (Lipinski definition) is 3. The smallest absolute Gasteiger partial charge is 0.321 e. The third-order valence-corrected chi connectivity index (χ3v) is 9.89. The molecule has 7 nitrogen and oxygen atoms in total. The summed E-state index contributed by atoms with van der Waals surface area (Å²) in [5.41, 5.74) is 1.42. The maximum atomic E-state index is 15.5. The van der Waals surface area contributed by atoms with Gasteiger partial charge in [0.05, 0.1) is 18.0 Å². The minimum Gasteiger partial charge on any atom is -0.481 e. The van der Waals surface area contributed by atoms with Crippen molar-refractivity contribution in [1.82, 2.24) is 15.1 Å². The van der Waals surface area contributed by atoms with Crippen molar-refractivity contribution < 1.29 is 32.7 Å². The molecule has 0 radical (unpaired) electrons.